The quantitative estimate of drug-likeness (QED) is 0.742. The lowest BCUT2D eigenvalue weighted by molar-refractivity contribution is 0.597. The smallest absolute Gasteiger partial charge is 0.278 e. The van der Waals surface area contributed by atoms with Gasteiger partial charge in [0.15, 0.2) is 5.03 Å². The van der Waals surface area contributed by atoms with E-state index in [0.717, 1.165) is 12.0 Å². The molecule has 0 aliphatic carbocycles. The summed E-state index contributed by atoms with van der Waals surface area (Å²) in [6.45, 7) is 0.569. The Morgan fingerprint density at radius 2 is 1.94 bits per heavy atom. The Bertz CT molecular complexity index is 590. The molecule has 0 unspecified atom stereocenters. The average molecular weight is 266 g/mol. The van der Waals surface area contributed by atoms with Crippen LogP contribution in [-0.4, -0.2) is 25.2 Å². The third kappa shape index (κ3) is 2.88. The van der Waals surface area contributed by atoms with Crippen molar-refractivity contribution in [2.24, 2.45) is 5.73 Å². The van der Waals surface area contributed by atoms with Gasteiger partial charge in [0, 0.05) is 5.69 Å². The second-order valence-electron chi connectivity index (χ2n) is 3.76. The number of sulfonamides is 1. The van der Waals surface area contributed by atoms with E-state index in [0.29, 0.717) is 12.2 Å². The molecule has 18 heavy (non-hydrogen) atoms. The zero-order chi connectivity index (χ0) is 13.0. The van der Waals surface area contributed by atoms with E-state index >= 15 is 0 Å². The molecule has 1 aromatic carbocycles. The number of nitrogens with zero attached hydrogens (tertiary/aromatic N) is 1. The molecule has 0 saturated carbocycles. The maximum Gasteiger partial charge on any atom is 0.278 e. The van der Waals surface area contributed by atoms with E-state index in [1.165, 1.54) is 12.3 Å². The first kappa shape index (κ1) is 12.6. The molecule has 4 N–H and O–H groups in total. The number of H-pyrrole nitrogens is 1. The van der Waals surface area contributed by atoms with Crippen molar-refractivity contribution in [3.05, 3.63) is 42.1 Å². The van der Waals surface area contributed by atoms with Crippen LogP contribution in [0.1, 0.15) is 5.56 Å². The van der Waals surface area contributed by atoms with Crippen molar-refractivity contribution in [2.75, 3.05) is 11.3 Å². The highest BCUT2D eigenvalue weighted by Gasteiger charge is 2.15. The highest BCUT2D eigenvalue weighted by atomic mass is 32.2. The highest BCUT2D eigenvalue weighted by molar-refractivity contribution is 7.92. The van der Waals surface area contributed by atoms with Crippen LogP contribution < -0.4 is 10.5 Å². The number of nitrogens with one attached hydrogen (secondary N) is 2. The van der Waals surface area contributed by atoms with Crippen molar-refractivity contribution in [1.82, 2.24) is 10.2 Å². The van der Waals surface area contributed by atoms with E-state index in [4.69, 9.17) is 5.73 Å². The molecule has 1 aromatic heterocycles. The van der Waals surface area contributed by atoms with Crippen molar-refractivity contribution < 1.29 is 8.42 Å². The largest absolute Gasteiger partial charge is 0.330 e. The van der Waals surface area contributed by atoms with Gasteiger partial charge in [-0.2, -0.15) is 13.5 Å². The molecule has 2 aromatic rings. The number of hydrogen-bond donors (Lipinski definition) is 3. The Labute approximate surface area is 105 Å². The van der Waals surface area contributed by atoms with Crippen molar-refractivity contribution >= 4 is 15.7 Å². The van der Waals surface area contributed by atoms with Gasteiger partial charge in [-0.05, 0) is 36.7 Å². The highest BCUT2D eigenvalue weighted by Crippen LogP contribution is 2.14. The van der Waals surface area contributed by atoms with Gasteiger partial charge >= 0.3 is 0 Å². The van der Waals surface area contributed by atoms with Crippen molar-refractivity contribution in [3.8, 4) is 0 Å². The summed E-state index contributed by atoms with van der Waals surface area (Å²) in [7, 11) is -3.59. The third-order valence-corrected chi connectivity index (χ3v) is 3.71. The molecule has 0 amide bonds. The van der Waals surface area contributed by atoms with Gasteiger partial charge in [0.25, 0.3) is 10.0 Å². The molecule has 0 bridgehead atoms. The fourth-order valence-electron chi connectivity index (χ4n) is 1.51. The fourth-order valence-corrected chi connectivity index (χ4v) is 2.48. The van der Waals surface area contributed by atoms with Crippen LogP contribution in [0.2, 0.25) is 0 Å². The molecule has 1 heterocycles. The van der Waals surface area contributed by atoms with Crippen molar-refractivity contribution in [2.45, 2.75) is 11.4 Å². The number of benzene rings is 1. The molecular weight excluding hydrogens is 252 g/mol. The summed E-state index contributed by atoms with van der Waals surface area (Å²) in [5.41, 5.74) is 7.02. The second kappa shape index (κ2) is 5.19. The first-order valence-corrected chi connectivity index (χ1v) is 6.91. The second-order valence-corrected chi connectivity index (χ2v) is 5.41. The zero-order valence-corrected chi connectivity index (χ0v) is 10.4. The number of rotatable bonds is 5. The molecule has 0 saturated heterocycles. The standard InChI is InChI=1S/C11H14N4O2S/c12-7-5-9-1-3-10(4-2-9)15-18(16,17)11-6-8-13-14-11/h1-4,6,8,15H,5,7,12H2,(H,13,14). The van der Waals surface area contributed by atoms with Gasteiger partial charge in [-0.25, -0.2) is 0 Å². The predicted octanol–water partition coefficient (Wildman–Crippen LogP) is 0.712. The molecular formula is C11H14N4O2S. The van der Waals surface area contributed by atoms with E-state index in [-0.39, 0.29) is 5.03 Å². The van der Waals surface area contributed by atoms with Crippen LogP contribution in [0.15, 0.2) is 41.6 Å². The summed E-state index contributed by atoms with van der Waals surface area (Å²) in [6.07, 6.45) is 2.16. The Morgan fingerprint density at radius 1 is 1.22 bits per heavy atom. The van der Waals surface area contributed by atoms with Gasteiger partial charge in [0.2, 0.25) is 0 Å². The van der Waals surface area contributed by atoms with Gasteiger partial charge < -0.3 is 5.73 Å². The summed E-state index contributed by atoms with van der Waals surface area (Å²) >= 11 is 0. The summed E-state index contributed by atoms with van der Waals surface area (Å²) in [6, 6.07) is 8.50. The van der Waals surface area contributed by atoms with Crippen LogP contribution in [0, 0.1) is 0 Å². The summed E-state index contributed by atoms with van der Waals surface area (Å²) in [5, 5.41) is 6.06. The summed E-state index contributed by atoms with van der Waals surface area (Å²) in [5.74, 6) is 0. The van der Waals surface area contributed by atoms with E-state index in [2.05, 4.69) is 14.9 Å². The summed E-state index contributed by atoms with van der Waals surface area (Å²) < 4.78 is 26.2. The molecule has 0 radical (unpaired) electrons. The van der Waals surface area contributed by atoms with E-state index in [9.17, 15) is 8.42 Å². The molecule has 7 heteroatoms. The lowest BCUT2D eigenvalue weighted by atomic mass is 10.1. The van der Waals surface area contributed by atoms with Gasteiger partial charge in [0.05, 0.1) is 6.20 Å². The van der Waals surface area contributed by atoms with E-state index in [1.54, 1.807) is 12.1 Å². The maximum absolute atomic E-state index is 11.9. The lowest BCUT2D eigenvalue weighted by Gasteiger charge is -2.06. The molecule has 96 valence electrons. The lowest BCUT2D eigenvalue weighted by Crippen LogP contribution is -2.13. The minimum atomic E-state index is -3.59. The molecule has 6 nitrogen and oxygen atoms in total. The minimum Gasteiger partial charge on any atom is -0.330 e. The average Bonchev–Trinajstić information content (AvgIpc) is 2.86. The van der Waals surface area contributed by atoms with Crippen LogP contribution >= 0.6 is 0 Å². The fraction of sp³-hybridized carbons (Fsp3) is 0.182. The number of aromatic amines is 1. The van der Waals surface area contributed by atoms with E-state index < -0.39 is 10.0 Å². The topological polar surface area (TPSA) is 101 Å². The van der Waals surface area contributed by atoms with Crippen LogP contribution in [0.5, 0.6) is 0 Å². The van der Waals surface area contributed by atoms with Crippen molar-refractivity contribution in [3.63, 3.8) is 0 Å². The van der Waals surface area contributed by atoms with Crippen LogP contribution in [-0.2, 0) is 16.4 Å². The molecule has 0 aliphatic rings. The van der Waals surface area contributed by atoms with Crippen LogP contribution in [0.25, 0.3) is 0 Å². The first-order chi connectivity index (χ1) is 8.62. The number of hydrogen-bond acceptors (Lipinski definition) is 4. The number of nitrogens with two attached hydrogens (primary N) is 1. The Kier molecular flexibility index (Phi) is 3.63. The SMILES string of the molecule is NCCc1ccc(NS(=O)(=O)c2ccn[nH]2)cc1. The van der Waals surface area contributed by atoms with Crippen LogP contribution in [0.4, 0.5) is 5.69 Å². The monoisotopic (exact) mass is 266 g/mol. The van der Waals surface area contributed by atoms with E-state index in [1.807, 2.05) is 12.1 Å². The predicted molar refractivity (Wildman–Crippen MR) is 68.6 cm³/mol. The maximum atomic E-state index is 11.9. The normalized spacial score (nSPS) is 11.4. The van der Waals surface area contributed by atoms with Gasteiger partial charge in [-0.15, -0.1) is 0 Å². The molecule has 0 atom stereocenters. The third-order valence-electron chi connectivity index (χ3n) is 2.40. The number of aromatic nitrogens is 2. The number of anilines is 1. The first-order valence-electron chi connectivity index (χ1n) is 5.43. The Hall–Kier alpha value is -1.86. The molecule has 0 spiro atoms. The molecule has 0 fully saturated rings. The molecule has 2 rings (SSSR count). The molecule has 0 aliphatic heterocycles. The minimum absolute atomic E-state index is 0.0357. The van der Waals surface area contributed by atoms with Gasteiger partial charge in [-0.1, -0.05) is 12.1 Å². The van der Waals surface area contributed by atoms with Crippen LogP contribution in [0.3, 0.4) is 0 Å². The Morgan fingerprint density at radius 3 is 2.50 bits per heavy atom. The van der Waals surface area contributed by atoms with Crippen molar-refractivity contribution in [1.29, 1.82) is 0 Å². The van der Waals surface area contributed by atoms with Gasteiger partial charge in [0.1, 0.15) is 0 Å². The summed E-state index contributed by atoms with van der Waals surface area (Å²) in [4.78, 5) is 0. The Balaban J connectivity index is 2.14. The zero-order valence-electron chi connectivity index (χ0n) is 9.63. The van der Waals surface area contributed by atoms with Gasteiger partial charge in [-0.3, -0.25) is 9.82 Å².